The number of aliphatic imine (C=N–C) groups is 1. The van der Waals surface area contributed by atoms with Crippen molar-refractivity contribution in [1.29, 1.82) is 0 Å². The molecule has 2 heterocycles. The van der Waals surface area contributed by atoms with E-state index in [1.165, 1.54) is 39.0 Å². The van der Waals surface area contributed by atoms with Gasteiger partial charge in [0.1, 0.15) is 0 Å². The molecule has 2 aliphatic heterocycles. The minimum Gasteiger partial charge on any atom is -0.356 e. The number of likely N-dealkylation sites (N-methyl/N-ethyl adjacent to an activating group) is 1. The first-order valence-electron chi connectivity index (χ1n) is 11.8. The van der Waals surface area contributed by atoms with Crippen LogP contribution in [0.15, 0.2) is 4.99 Å². The van der Waals surface area contributed by atoms with Gasteiger partial charge in [-0.25, -0.2) is 0 Å². The Bertz CT molecular complexity index is 546. The summed E-state index contributed by atoms with van der Waals surface area (Å²) in [5, 5.41) is 7.04. The van der Waals surface area contributed by atoms with E-state index < -0.39 is 0 Å². The standard InChI is InChI=1S/C22H42N6O.HI/c1-4-26-11-13-27(14-12-26)16-18(2)15-24-22(23-3)25-20-9-10-28(17-20)21(29)19-7-5-6-8-19;/h18-20H,4-17H2,1-3H3,(H2,23,24,25);1H. The Kier molecular flexibility index (Phi) is 11.2. The number of carbonyl (C=O) groups excluding carboxylic acids is 1. The van der Waals surface area contributed by atoms with Gasteiger partial charge >= 0.3 is 0 Å². The van der Waals surface area contributed by atoms with Crippen molar-refractivity contribution in [2.24, 2.45) is 16.8 Å². The quantitative estimate of drug-likeness (QED) is 0.297. The van der Waals surface area contributed by atoms with Crippen molar-refractivity contribution in [2.45, 2.75) is 52.0 Å². The molecule has 0 aromatic rings. The fourth-order valence-corrected chi connectivity index (χ4v) is 4.96. The Labute approximate surface area is 200 Å². The summed E-state index contributed by atoms with van der Waals surface area (Å²) in [4.78, 5) is 24.2. The molecule has 2 unspecified atom stereocenters. The summed E-state index contributed by atoms with van der Waals surface area (Å²) in [6.07, 6.45) is 5.62. The molecule has 0 spiro atoms. The molecule has 0 bridgehead atoms. The van der Waals surface area contributed by atoms with Gasteiger partial charge in [-0.1, -0.05) is 26.7 Å². The van der Waals surface area contributed by atoms with Crippen LogP contribution in [0.3, 0.4) is 0 Å². The van der Waals surface area contributed by atoms with Crippen molar-refractivity contribution < 1.29 is 4.79 Å². The lowest BCUT2D eigenvalue weighted by Gasteiger charge is -2.35. The van der Waals surface area contributed by atoms with Crippen molar-refractivity contribution >= 4 is 35.8 Å². The van der Waals surface area contributed by atoms with Crippen LogP contribution in [0.5, 0.6) is 0 Å². The number of guanidine groups is 1. The SMILES string of the molecule is CCN1CCN(CC(C)CNC(=NC)NC2CCN(C(=O)C3CCCC3)C2)CC1.I. The second-order valence-corrected chi connectivity index (χ2v) is 9.19. The summed E-state index contributed by atoms with van der Waals surface area (Å²) < 4.78 is 0. The average molecular weight is 535 g/mol. The number of rotatable bonds is 7. The van der Waals surface area contributed by atoms with E-state index in [-0.39, 0.29) is 29.9 Å². The lowest BCUT2D eigenvalue weighted by molar-refractivity contribution is -0.134. The third-order valence-corrected chi connectivity index (χ3v) is 6.87. The molecule has 1 aliphatic carbocycles. The maximum atomic E-state index is 12.6. The Hall–Kier alpha value is -0.610. The monoisotopic (exact) mass is 534 g/mol. The first kappa shape index (κ1) is 25.6. The second kappa shape index (κ2) is 13.1. The molecule has 3 fully saturated rings. The van der Waals surface area contributed by atoms with E-state index in [1.807, 2.05) is 7.05 Å². The fraction of sp³-hybridized carbons (Fsp3) is 0.909. The molecule has 1 amide bonds. The number of halogens is 1. The summed E-state index contributed by atoms with van der Waals surface area (Å²) in [6, 6.07) is 0.309. The lowest BCUT2D eigenvalue weighted by atomic mass is 10.1. The van der Waals surface area contributed by atoms with Crippen molar-refractivity contribution in [1.82, 2.24) is 25.3 Å². The van der Waals surface area contributed by atoms with E-state index in [1.54, 1.807) is 0 Å². The smallest absolute Gasteiger partial charge is 0.225 e. The van der Waals surface area contributed by atoms with E-state index in [2.05, 4.69) is 44.2 Å². The van der Waals surface area contributed by atoms with Crippen LogP contribution in [0, 0.1) is 11.8 Å². The van der Waals surface area contributed by atoms with Crippen LogP contribution in [0.2, 0.25) is 0 Å². The molecule has 3 aliphatic rings. The Morgan fingerprint density at radius 1 is 1.07 bits per heavy atom. The largest absolute Gasteiger partial charge is 0.356 e. The highest BCUT2D eigenvalue weighted by Gasteiger charge is 2.32. The first-order chi connectivity index (χ1) is 14.1. The topological polar surface area (TPSA) is 63.2 Å². The summed E-state index contributed by atoms with van der Waals surface area (Å²) >= 11 is 0. The maximum Gasteiger partial charge on any atom is 0.225 e. The van der Waals surface area contributed by atoms with Crippen LogP contribution in [0.25, 0.3) is 0 Å². The summed E-state index contributed by atoms with van der Waals surface area (Å²) in [6.45, 7) is 14.2. The van der Waals surface area contributed by atoms with Gasteiger partial charge in [0, 0.05) is 71.4 Å². The number of likely N-dealkylation sites (tertiary alicyclic amines) is 1. The number of hydrogen-bond acceptors (Lipinski definition) is 4. The van der Waals surface area contributed by atoms with E-state index in [0.29, 0.717) is 17.9 Å². The van der Waals surface area contributed by atoms with Gasteiger partial charge in [-0.05, 0) is 31.7 Å². The number of hydrogen-bond donors (Lipinski definition) is 2. The molecule has 3 rings (SSSR count). The van der Waals surface area contributed by atoms with Crippen LogP contribution in [-0.4, -0.2) is 98.6 Å². The number of nitrogens with one attached hydrogen (secondary N) is 2. The number of amides is 1. The van der Waals surface area contributed by atoms with Crippen molar-refractivity contribution in [3.8, 4) is 0 Å². The molecule has 1 saturated carbocycles. The van der Waals surface area contributed by atoms with Crippen molar-refractivity contribution in [3.05, 3.63) is 0 Å². The van der Waals surface area contributed by atoms with Crippen molar-refractivity contribution in [2.75, 3.05) is 66.0 Å². The average Bonchev–Trinajstić information content (AvgIpc) is 3.43. The molecule has 2 saturated heterocycles. The molecule has 0 radical (unpaired) electrons. The molecule has 2 atom stereocenters. The zero-order valence-electron chi connectivity index (χ0n) is 19.2. The van der Waals surface area contributed by atoms with E-state index >= 15 is 0 Å². The molecule has 0 aromatic carbocycles. The Balaban J connectivity index is 0.00000320. The van der Waals surface area contributed by atoms with Gasteiger partial charge in [-0.2, -0.15) is 0 Å². The minimum absolute atomic E-state index is 0. The molecule has 30 heavy (non-hydrogen) atoms. The molecular weight excluding hydrogens is 491 g/mol. The third kappa shape index (κ3) is 7.51. The van der Waals surface area contributed by atoms with Crippen LogP contribution in [0.1, 0.15) is 46.0 Å². The lowest BCUT2D eigenvalue weighted by Crippen LogP contribution is -2.49. The molecule has 8 heteroatoms. The third-order valence-electron chi connectivity index (χ3n) is 6.87. The van der Waals surface area contributed by atoms with Gasteiger partial charge in [-0.3, -0.25) is 9.79 Å². The Morgan fingerprint density at radius 3 is 2.37 bits per heavy atom. The zero-order valence-corrected chi connectivity index (χ0v) is 21.6. The van der Waals surface area contributed by atoms with Crippen LogP contribution in [0.4, 0.5) is 0 Å². The highest BCUT2D eigenvalue weighted by molar-refractivity contribution is 14.0. The second-order valence-electron chi connectivity index (χ2n) is 9.19. The Morgan fingerprint density at radius 2 is 1.73 bits per heavy atom. The first-order valence-corrected chi connectivity index (χ1v) is 11.8. The number of carbonyl (C=O) groups is 1. The number of nitrogens with zero attached hydrogens (tertiary/aromatic N) is 4. The zero-order chi connectivity index (χ0) is 20.6. The van der Waals surface area contributed by atoms with Crippen LogP contribution in [-0.2, 0) is 4.79 Å². The summed E-state index contributed by atoms with van der Waals surface area (Å²) in [7, 11) is 1.83. The summed E-state index contributed by atoms with van der Waals surface area (Å²) in [5.74, 6) is 2.11. The van der Waals surface area contributed by atoms with Gasteiger partial charge in [0.2, 0.25) is 5.91 Å². The van der Waals surface area contributed by atoms with Gasteiger partial charge in [0.15, 0.2) is 5.96 Å². The van der Waals surface area contributed by atoms with Gasteiger partial charge in [0.25, 0.3) is 0 Å². The fourth-order valence-electron chi connectivity index (χ4n) is 4.96. The predicted molar refractivity (Wildman–Crippen MR) is 135 cm³/mol. The highest BCUT2D eigenvalue weighted by Crippen LogP contribution is 2.27. The predicted octanol–water partition coefficient (Wildman–Crippen LogP) is 1.83. The number of piperazine rings is 1. The molecular formula is C22H43IN6O. The van der Waals surface area contributed by atoms with E-state index in [0.717, 1.165) is 57.9 Å². The van der Waals surface area contributed by atoms with Gasteiger partial charge < -0.3 is 25.3 Å². The van der Waals surface area contributed by atoms with Crippen molar-refractivity contribution in [3.63, 3.8) is 0 Å². The van der Waals surface area contributed by atoms with Crippen LogP contribution < -0.4 is 10.6 Å². The van der Waals surface area contributed by atoms with Gasteiger partial charge in [-0.15, -0.1) is 24.0 Å². The minimum atomic E-state index is 0. The van der Waals surface area contributed by atoms with E-state index in [4.69, 9.17) is 0 Å². The van der Waals surface area contributed by atoms with E-state index in [9.17, 15) is 4.79 Å². The maximum absolute atomic E-state index is 12.6. The molecule has 7 nitrogen and oxygen atoms in total. The molecule has 0 aromatic heterocycles. The van der Waals surface area contributed by atoms with Gasteiger partial charge in [0.05, 0.1) is 0 Å². The normalized spacial score (nSPS) is 25.2. The van der Waals surface area contributed by atoms with Crippen LogP contribution >= 0.6 is 24.0 Å². The highest BCUT2D eigenvalue weighted by atomic mass is 127. The summed E-state index contributed by atoms with van der Waals surface area (Å²) in [5.41, 5.74) is 0. The molecule has 2 N–H and O–H groups in total. The molecule has 174 valence electrons.